The van der Waals surface area contributed by atoms with E-state index >= 15 is 0 Å². The SMILES string of the molecule is CC(C)c1cc2c(s1)CCC2.CC(C)c1cc2c(s1)CCCC2.CC(C)c1cc2ccccc2s1.CC(C)c1ccc2c(c1)CCCC2.CC(C)c1ccc2ccccc2c1.CC(C)c1ccccc1.CC(C)c1cccs1. The number of hydrogen-bond acceptors (Lipinski definition) is 4. The second kappa shape index (κ2) is 32.0. The second-order valence-corrected chi connectivity index (χ2v) is 28.2. The Labute approximate surface area is 490 Å². The van der Waals surface area contributed by atoms with Gasteiger partial charge >= 0.3 is 0 Å². The minimum atomic E-state index is 0.615. The summed E-state index contributed by atoms with van der Waals surface area (Å²) in [6.45, 7) is 31.4. The van der Waals surface area contributed by atoms with Gasteiger partial charge in [0.25, 0.3) is 0 Å². The molecule has 0 amide bonds. The molecule has 0 atom stereocenters. The first kappa shape index (κ1) is 62.6. The van der Waals surface area contributed by atoms with Crippen molar-refractivity contribution in [2.45, 2.75) is 209 Å². The van der Waals surface area contributed by atoms with Gasteiger partial charge in [0.05, 0.1) is 0 Å². The minimum absolute atomic E-state index is 0.615. The molecule has 0 saturated carbocycles. The van der Waals surface area contributed by atoms with Crippen LogP contribution in [0.1, 0.15) is 239 Å². The number of thiophene rings is 4. The molecule has 0 radical (unpaired) electrons. The smallest absolute Gasteiger partial charge is 0.0345 e. The van der Waals surface area contributed by atoms with Gasteiger partial charge in [-0.05, 0) is 203 Å². The van der Waals surface area contributed by atoms with E-state index in [-0.39, 0.29) is 0 Å². The normalized spacial score (nSPS) is 13.2. The fourth-order valence-corrected chi connectivity index (χ4v) is 14.2. The number of rotatable bonds is 7. The minimum Gasteiger partial charge on any atom is -0.149 e. The van der Waals surface area contributed by atoms with Gasteiger partial charge in [0.15, 0.2) is 0 Å². The van der Waals surface area contributed by atoms with E-state index in [0.717, 1.165) is 11.8 Å². The van der Waals surface area contributed by atoms with Gasteiger partial charge in [0.1, 0.15) is 0 Å². The Morgan fingerprint density at radius 1 is 0.282 bits per heavy atom. The summed E-state index contributed by atoms with van der Waals surface area (Å²) < 4.78 is 1.40. The Morgan fingerprint density at radius 3 is 1.26 bits per heavy atom. The van der Waals surface area contributed by atoms with Crippen LogP contribution in [0.25, 0.3) is 20.9 Å². The molecule has 0 saturated heterocycles. The lowest BCUT2D eigenvalue weighted by atomic mass is 9.88. The fourth-order valence-electron chi connectivity index (χ4n) is 9.86. The van der Waals surface area contributed by atoms with E-state index in [9.17, 15) is 0 Å². The molecular formula is C74H96S4. The Balaban J connectivity index is 0.000000148. The quantitative estimate of drug-likeness (QED) is 0.149. The van der Waals surface area contributed by atoms with Crippen molar-refractivity contribution in [3.05, 3.63) is 219 Å². The highest BCUT2D eigenvalue weighted by atomic mass is 32.1. The van der Waals surface area contributed by atoms with Crippen LogP contribution >= 0.6 is 45.3 Å². The van der Waals surface area contributed by atoms with Crippen LogP contribution in [0.4, 0.5) is 0 Å². The van der Waals surface area contributed by atoms with Gasteiger partial charge in [-0.25, -0.2) is 0 Å². The Hall–Kier alpha value is -4.58. The molecule has 0 aliphatic heterocycles. The molecule has 3 aliphatic carbocycles. The summed E-state index contributed by atoms with van der Waals surface area (Å²) in [7, 11) is 0. The van der Waals surface area contributed by atoms with Crippen molar-refractivity contribution in [2.24, 2.45) is 0 Å². The highest BCUT2D eigenvalue weighted by Crippen LogP contribution is 2.35. The van der Waals surface area contributed by atoms with Crippen molar-refractivity contribution in [1.82, 2.24) is 0 Å². The highest BCUT2D eigenvalue weighted by molar-refractivity contribution is 7.19. The maximum atomic E-state index is 2.43. The van der Waals surface area contributed by atoms with Gasteiger partial charge in [0.2, 0.25) is 0 Å². The average molecular weight is 1110 g/mol. The van der Waals surface area contributed by atoms with E-state index in [4.69, 9.17) is 0 Å². The first-order valence-corrected chi connectivity index (χ1v) is 33.2. The van der Waals surface area contributed by atoms with Gasteiger partial charge < -0.3 is 0 Å². The number of hydrogen-bond donors (Lipinski definition) is 0. The molecule has 3 aliphatic rings. The molecule has 0 fully saturated rings. The van der Waals surface area contributed by atoms with Crippen molar-refractivity contribution in [3.8, 4) is 0 Å². The zero-order valence-electron chi connectivity index (χ0n) is 50.4. The van der Waals surface area contributed by atoms with Crippen LogP contribution in [0.3, 0.4) is 0 Å². The first-order chi connectivity index (χ1) is 37.5. The zero-order valence-corrected chi connectivity index (χ0v) is 53.7. The van der Waals surface area contributed by atoms with Gasteiger partial charge in [-0.2, -0.15) is 0 Å². The first-order valence-electron chi connectivity index (χ1n) is 29.9. The maximum Gasteiger partial charge on any atom is 0.0345 e. The molecule has 0 bridgehead atoms. The molecule has 9 aromatic rings. The molecule has 0 N–H and O–H groups in total. The molecule has 4 heterocycles. The molecule has 0 spiro atoms. The molecule has 4 aromatic heterocycles. The van der Waals surface area contributed by atoms with Gasteiger partial charge in [-0.3, -0.25) is 0 Å². The van der Waals surface area contributed by atoms with Crippen molar-refractivity contribution in [1.29, 1.82) is 0 Å². The molecule has 5 aromatic carbocycles. The predicted octanol–water partition coefficient (Wildman–Crippen LogP) is 24.5. The maximum absolute atomic E-state index is 2.43. The van der Waals surface area contributed by atoms with Crippen LogP contribution in [-0.2, 0) is 38.5 Å². The van der Waals surface area contributed by atoms with Crippen LogP contribution in [0, 0.1) is 0 Å². The summed E-state index contributed by atoms with van der Waals surface area (Å²) in [5.41, 5.74) is 10.8. The van der Waals surface area contributed by atoms with Gasteiger partial charge in [-0.1, -0.05) is 212 Å². The van der Waals surface area contributed by atoms with Gasteiger partial charge in [-0.15, -0.1) is 45.3 Å². The third kappa shape index (κ3) is 19.6. The lowest BCUT2D eigenvalue weighted by Gasteiger charge is -2.17. The van der Waals surface area contributed by atoms with E-state index < -0.39 is 0 Å². The number of fused-ring (bicyclic) bond motifs is 5. The van der Waals surface area contributed by atoms with Crippen molar-refractivity contribution in [3.63, 3.8) is 0 Å². The largest absolute Gasteiger partial charge is 0.149 e. The van der Waals surface area contributed by atoms with E-state index in [0.29, 0.717) is 29.6 Å². The predicted molar refractivity (Wildman–Crippen MR) is 356 cm³/mol. The standard InChI is InChI=1S/C13H18.C13H14.C11H16S.C11H12S.C10H14S.C9H12.C7H10S/c2*1-10(2)12-8-7-11-5-3-4-6-13(11)9-12;2*1-8(2)11-7-9-5-3-4-6-10(9)12-11;1-7(2)10-6-8-4-3-5-9(8)11-10;1-8(2)9-6-4-3-5-7-9;1-6(2)7-4-3-5-8-7/h7-10H,3-6H2,1-2H3;3-10H,1-2H3;7-8H,3-6H2,1-2H3;3-8H,1-2H3;6-7H,3-5H2,1-2H3;3-8H,1-2H3;3-6H,1-2H3. The molecule has 12 rings (SSSR count). The molecule has 0 nitrogen and oxygen atoms in total. The van der Waals surface area contributed by atoms with E-state index in [1.54, 1.807) is 41.8 Å². The van der Waals surface area contributed by atoms with Crippen LogP contribution < -0.4 is 0 Å². The number of benzene rings is 5. The third-order valence-electron chi connectivity index (χ3n) is 15.0. The summed E-state index contributed by atoms with van der Waals surface area (Å²) in [6, 6.07) is 52.7. The molecule has 78 heavy (non-hydrogen) atoms. The van der Waals surface area contributed by atoms with Gasteiger partial charge in [0, 0.05) is 34.0 Å². The van der Waals surface area contributed by atoms with Crippen molar-refractivity contribution in [2.75, 3.05) is 0 Å². The second-order valence-electron chi connectivity index (χ2n) is 23.8. The van der Waals surface area contributed by atoms with E-state index in [1.807, 2.05) is 51.4 Å². The molecule has 416 valence electrons. The summed E-state index contributed by atoms with van der Waals surface area (Å²) in [5, 5.41) is 6.17. The van der Waals surface area contributed by atoms with Crippen LogP contribution in [0.15, 0.2) is 151 Å². The van der Waals surface area contributed by atoms with E-state index in [2.05, 4.69) is 242 Å². The molecular weight excluding hydrogens is 1020 g/mol. The highest BCUT2D eigenvalue weighted by Gasteiger charge is 2.17. The summed E-state index contributed by atoms with van der Waals surface area (Å²) in [4.78, 5) is 9.46. The lowest BCUT2D eigenvalue weighted by Crippen LogP contribution is -2.03. The third-order valence-corrected chi connectivity index (χ3v) is 20.7. The Bertz CT molecular complexity index is 3010. The Kier molecular flexibility index (Phi) is 25.7. The fraction of sp³-hybridized carbons (Fsp3) is 0.432. The topological polar surface area (TPSA) is 0 Å². The number of aryl methyl sites for hydroxylation is 6. The average Bonchev–Trinajstić information content (AvgIpc) is 4.32. The molecule has 4 heteroatoms. The summed E-state index contributed by atoms with van der Waals surface area (Å²) >= 11 is 7.81. The van der Waals surface area contributed by atoms with E-state index in [1.165, 1.54) is 118 Å². The van der Waals surface area contributed by atoms with Crippen molar-refractivity contribution >= 4 is 66.2 Å². The molecule has 0 unspecified atom stereocenters. The van der Waals surface area contributed by atoms with Crippen LogP contribution in [0.5, 0.6) is 0 Å². The van der Waals surface area contributed by atoms with Crippen molar-refractivity contribution < 1.29 is 0 Å². The van der Waals surface area contributed by atoms with Crippen LogP contribution in [-0.4, -0.2) is 0 Å². The van der Waals surface area contributed by atoms with Crippen LogP contribution in [0.2, 0.25) is 0 Å². The zero-order chi connectivity index (χ0) is 56.1. The summed E-state index contributed by atoms with van der Waals surface area (Å²) in [6.07, 6.45) is 14.9. The lowest BCUT2D eigenvalue weighted by molar-refractivity contribution is 0.682. The Morgan fingerprint density at radius 2 is 0.744 bits per heavy atom. The summed E-state index contributed by atoms with van der Waals surface area (Å²) in [5.74, 6) is 4.76. The monoisotopic (exact) mass is 1110 g/mol.